The third-order valence-corrected chi connectivity index (χ3v) is 3.67. The molecule has 2 aromatic carbocycles. The predicted octanol–water partition coefficient (Wildman–Crippen LogP) is 2.71. The normalized spacial score (nSPS) is 10.2. The van der Waals surface area contributed by atoms with Gasteiger partial charge in [0.05, 0.1) is 5.02 Å². The highest BCUT2D eigenvalue weighted by atomic mass is 35.5. The lowest BCUT2D eigenvalue weighted by molar-refractivity contribution is -0.123. The SMILES string of the molecule is Cc1ccc(C(=O)NCCNC(=O)COc2ccccc2Cl)cc1F. The van der Waals surface area contributed by atoms with Gasteiger partial charge in [-0.3, -0.25) is 9.59 Å². The molecule has 0 aliphatic rings. The molecule has 0 bridgehead atoms. The molecule has 7 heteroatoms. The van der Waals surface area contributed by atoms with Crippen LogP contribution in [0.5, 0.6) is 5.75 Å². The number of carbonyl (C=O) groups is 2. The van der Waals surface area contributed by atoms with E-state index in [-0.39, 0.29) is 31.2 Å². The zero-order valence-electron chi connectivity index (χ0n) is 13.6. The van der Waals surface area contributed by atoms with Crippen molar-refractivity contribution >= 4 is 23.4 Å². The Labute approximate surface area is 150 Å². The molecule has 0 aliphatic heterocycles. The minimum absolute atomic E-state index is 0.180. The maximum Gasteiger partial charge on any atom is 0.258 e. The van der Waals surface area contributed by atoms with Gasteiger partial charge in [0.25, 0.3) is 11.8 Å². The number of benzene rings is 2. The third kappa shape index (κ3) is 5.76. The van der Waals surface area contributed by atoms with Crippen molar-refractivity contribution in [3.8, 4) is 5.75 Å². The van der Waals surface area contributed by atoms with Crippen LogP contribution in [0.15, 0.2) is 42.5 Å². The summed E-state index contributed by atoms with van der Waals surface area (Å²) in [5.74, 6) is -0.747. The molecular weight excluding hydrogens is 347 g/mol. The van der Waals surface area contributed by atoms with Crippen LogP contribution < -0.4 is 15.4 Å². The quantitative estimate of drug-likeness (QED) is 0.742. The van der Waals surface area contributed by atoms with Crippen molar-refractivity contribution in [2.45, 2.75) is 6.92 Å². The summed E-state index contributed by atoms with van der Waals surface area (Å²) in [6.07, 6.45) is 0. The lowest BCUT2D eigenvalue weighted by Gasteiger charge is -2.09. The van der Waals surface area contributed by atoms with E-state index in [9.17, 15) is 14.0 Å². The number of hydrogen-bond acceptors (Lipinski definition) is 3. The summed E-state index contributed by atoms with van der Waals surface area (Å²) in [4.78, 5) is 23.6. The van der Waals surface area contributed by atoms with Gasteiger partial charge in [-0.2, -0.15) is 0 Å². The third-order valence-electron chi connectivity index (χ3n) is 3.36. The Bertz CT molecular complexity index is 768. The summed E-state index contributed by atoms with van der Waals surface area (Å²) in [6.45, 7) is 1.88. The van der Waals surface area contributed by atoms with E-state index in [1.54, 1.807) is 37.3 Å². The molecule has 0 heterocycles. The minimum Gasteiger partial charge on any atom is -0.482 e. The van der Waals surface area contributed by atoms with E-state index in [1.165, 1.54) is 12.1 Å². The molecule has 25 heavy (non-hydrogen) atoms. The van der Waals surface area contributed by atoms with Crippen LogP contribution in [0.1, 0.15) is 15.9 Å². The number of para-hydroxylation sites is 1. The van der Waals surface area contributed by atoms with Crippen molar-refractivity contribution in [3.63, 3.8) is 0 Å². The number of aryl methyl sites for hydroxylation is 1. The number of carbonyl (C=O) groups excluding carboxylic acids is 2. The van der Waals surface area contributed by atoms with Crippen LogP contribution >= 0.6 is 11.6 Å². The zero-order chi connectivity index (χ0) is 18.2. The first-order chi connectivity index (χ1) is 12.0. The van der Waals surface area contributed by atoms with Crippen LogP contribution in [0.3, 0.4) is 0 Å². The average Bonchev–Trinajstić information content (AvgIpc) is 2.60. The van der Waals surface area contributed by atoms with Crippen molar-refractivity contribution in [1.82, 2.24) is 10.6 Å². The van der Waals surface area contributed by atoms with Crippen LogP contribution in [0.2, 0.25) is 5.02 Å². The second-order valence-electron chi connectivity index (χ2n) is 5.29. The molecule has 0 saturated carbocycles. The number of amides is 2. The maximum atomic E-state index is 13.4. The molecule has 0 unspecified atom stereocenters. The number of ether oxygens (including phenoxy) is 1. The summed E-state index contributed by atoms with van der Waals surface area (Å²) < 4.78 is 18.7. The molecular formula is C18H18ClFN2O3. The highest BCUT2D eigenvalue weighted by molar-refractivity contribution is 6.32. The van der Waals surface area contributed by atoms with Crippen molar-refractivity contribution in [2.75, 3.05) is 19.7 Å². The largest absolute Gasteiger partial charge is 0.482 e. The second-order valence-corrected chi connectivity index (χ2v) is 5.70. The molecule has 0 fully saturated rings. The van der Waals surface area contributed by atoms with Gasteiger partial charge in [0, 0.05) is 18.7 Å². The summed E-state index contributed by atoms with van der Waals surface area (Å²) in [6, 6.07) is 11.1. The molecule has 0 spiro atoms. The molecule has 2 rings (SSSR count). The summed E-state index contributed by atoms with van der Waals surface area (Å²) in [5, 5.41) is 5.63. The average molecular weight is 365 g/mol. The Morgan fingerprint density at radius 3 is 2.56 bits per heavy atom. The van der Waals surface area contributed by atoms with Crippen LogP contribution in [0.4, 0.5) is 4.39 Å². The highest BCUT2D eigenvalue weighted by Crippen LogP contribution is 2.22. The highest BCUT2D eigenvalue weighted by Gasteiger charge is 2.08. The molecule has 0 aliphatic carbocycles. The smallest absolute Gasteiger partial charge is 0.258 e. The first-order valence-electron chi connectivity index (χ1n) is 7.66. The standard InChI is InChI=1S/C18H18ClFN2O3/c1-12-6-7-13(10-15(12)20)18(24)22-9-8-21-17(23)11-25-16-5-3-2-4-14(16)19/h2-7,10H,8-9,11H2,1H3,(H,21,23)(H,22,24). The van der Waals surface area contributed by atoms with E-state index in [0.29, 0.717) is 16.3 Å². The van der Waals surface area contributed by atoms with Gasteiger partial charge in [0.2, 0.25) is 0 Å². The number of halogens is 2. The van der Waals surface area contributed by atoms with E-state index in [1.807, 2.05) is 0 Å². The topological polar surface area (TPSA) is 67.4 Å². The summed E-state index contributed by atoms with van der Waals surface area (Å²) in [7, 11) is 0. The van der Waals surface area contributed by atoms with Crippen molar-refractivity contribution in [2.24, 2.45) is 0 Å². The fourth-order valence-electron chi connectivity index (χ4n) is 1.97. The summed E-state index contributed by atoms with van der Waals surface area (Å²) in [5.41, 5.74) is 0.707. The van der Waals surface area contributed by atoms with Gasteiger partial charge >= 0.3 is 0 Å². The summed E-state index contributed by atoms with van der Waals surface area (Å²) >= 11 is 5.92. The number of nitrogens with one attached hydrogen (secondary N) is 2. The Hall–Kier alpha value is -2.60. The maximum absolute atomic E-state index is 13.4. The Balaban J connectivity index is 1.68. The van der Waals surface area contributed by atoms with E-state index in [0.717, 1.165) is 0 Å². The molecule has 0 radical (unpaired) electrons. The second kappa shape index (κ2) is 9.03. The van der Waals surface area contributed by atoms with Gasteiger partial charge in [-0.1, -0.05) is 29.8 Å². The first kappa shape index (κ1) is 18.7. The first-order valence-corrected chi connectivity index (χ1v) is 8.03. The van der Waals surface area contributed by atoms with Crippen molar-refractivity contribution < 1.29 is 18.7 Å². The van der Waals surface area contributed by atoms with Gasteiger partial charge < -0.3 is 15.4 Å². The Morgan fingerprint density at radius 2 is 1.84 bits per heavy atom. The van der Waals surface area contributed by atoms with Crippen molar-refractivity contribution in [1.29, 1.82) is 0 Å². The van der Waals surface area contributed by atoms with Crippen LogP contribution in [0, 0.1) is 12.7 Å². The van der Waals surface area contributed by atoms with Crippen LogP contribution in [-0.4, -0.2) is 31.5 Å². The van der Waals surface area contributed by atoms with Gasteiger partial charge in [-0.15, -0.1) is 0 Å². The molecule has 2 N–H and O–H groups in total. The Morgan fingerprint density at radius 1 is 1.12 bits per heavy atom. The molecule has 0 saturated heterocycles. The monoisotopic (exact) mass is 364 g/mol. The number of rotatable bonds is 7. The zero-order valence-corrected chi connectivity index (χ0v) is 14.4. The van der Waals surface area contributed by atoms with E-state index >= 15 is 0 Å². The van der Waals surface area contributed by atoms with E-state index < -0.39 is 11.7 Å². The van der Waals surface area contributed by atoms with Gasteiger partial charge in [-0.25, -0.2) is 4.39 Å². The van der Waals surface area contributed by atoms with E-state index in [2.05, 4.69) is 10.6 Å². The molecule has 132 valence electrons. The fourth-order valence-corrected chi connectivity index (χ4v) is 2.16. The Kier molecular flexibility index (Phi) is 6.77. The lowest BCUT2D eigenvalue weighted by Crippen LogP contribution is -2.36. The molecule has 5 nitrogen and oxygen atoms in total. The minimum atomic E-state index is -0.433. The lowest BCUT2D eigenvalue weighted by atomic mass is 10.1. The van der Waals surface area contributed by atoms with Gasteiger partial charge in [-0.05, 0) is 36.8 Å². The molecule has 2 aromatic rings. The van der Waals surface area contributed by atoms with Crippen molar-refractivity contribution in [3.05, 3.63) is 64.4 Å². The predicted molar refractivity (Wildman–Crippen MR) is 93.4 cm³/mol. The fraction of sp³-hybridized carbons (Fsp3) is 0.222. The molecule has 0 aromatic heterocycles. The van der Waals surface area contributed by atoms with Crippen LogP contribution in [0.25, 0.3) is 0 Å². The molecule has 2 amide bonds. The number of hydrogen-bond donors (Lipinski definition) is 2. The van der Waals surface area contributed by atoms with Crippen LogP contribution in [-0.2, 0) is 4.79 Å². The van der Waals surface area contributed by atoms with Gasteiger partial charge in [0.15, 0.2) is 6.61 Å². The van der Waals surface area contributed by atoms with E-state index in [4.69, 9.17) is 16.3 Å². The van der Waals surface area contributed by atoms with Gasteiger partial charge in [0.1, 0.15) is 11.6 Å². The molecule has 0 atom stereocenters.